The molecule has 0 saturated carbocycles. The third-order valence-corrected chi connectivity index (χ3v) is 12.6. The van der Waals surface area contributed by atoms with Gasteiger partial charge in [0.05, 0.1) is 11.4 Å². The Hall–Kier alpha value is -8.86. The van der Waals surface area contributed by atoms with Gasteiger partial charge in [-0.15, -0.1) is 0 Å². The van der Waals surface area contributed by atoms with Gasteiger partial charge in [-0.2, -0.15) is 0 Å². The predicted octanol–water partition coefficient (Wildman–Crippen LogP) is 14.8. The van der Waals surface area contributed by atoms with Gasteiger partial charge in [-0.1, -0.05) is 171 Å². The molecule has 4 heteroatoms. The van der Waals surface area contributed by atoms with Gasteiger partial charge in [-0.05, 0) is 147 Å². The monoisotopic (exact) mass is 922 g/mol. The minimum absolute atomic E-state index is 0.605. The van der Waals surface area contributed by atoms with Crippen molar-refractivity contribution in [1.82, 2.24) is 0 Å². The van der Waals surface area contributed by atoms with Crippen LogP contribution in [0.2, 0.25) is 0 Å². The summed E-state index contributed by atoms with van der Waals surface area (Å²) in [6.45, 7) is 26.3. The van der Waals surface area contributed by atoms with Crippen molar-refractivity contribution >= 4 is 75.1 Å². The smallest absolute Gasteiger partial charge is 0.0539 e. The maximum absolute atomic E-state index is 4.47. The maximum atomic E-state index is 4.47. The molecule has 0 unspecified atom stereocenters. The third kappa shape index (κ3) is 10.7. The van der Waals surface area contributed by atoms with Crippen molar-refractivity contribution in [2.75, 3.05) is 26.1 Å². The topological polar surface area (TPSA) is 13.0 Å². The lowest BCUT2D eigenvalue weighted by Crippen LogP contribution is -2.33. The fourth-order valence-electron chi connectivity index (χ4n) is 9.20. The molecule has 4 nitrogen and oxygen atoms in total. The average Bonchev–Trinajstić information content (AvgIpc) is 3.41. The molecule has 71 heavy (non-hydrogen) atoms. The lowest BCUT2D eigenvalue weighted by Gasteiger charge is -2.31. The Balaban J connectivity index is 1.26. The molecule has 350 valence electrons. The number of allylic oxidation sites excluding steroid dienone is 5. The van der Waals surface area contributed by atoms with E-state index in [1.165, 1.54) is 10.9 Å². The van der Waals surface area contributed by atoms with E-state index in [0.717, 1.165) is 88.9 Å². The average molecular weight is 923 g/mol. The molecule has 0 atom stereocenters. The predicted molar refractivity (Wildman–Crippen MR) is 309 cm³/mol. The van der Waals surface area contributed by atoms with Gasteiger partial charge in [-0.25, -0.2) is 0 Å². The van der Waals surface area contributed by atoms with Crippen LogP contribution in [0.25, 0.3) is 35.3 Å². The molecule has 0 N–H and O–H groups in total. The van der Waals surface area contributed by atoms with Gasteiger partial charge in [-0.3, -0.25) is 0 Å². The summed E-state index contributed by atoms with van der Waals surface area (Å²) in [6.07, 6.45) is 16.9. The van der Waals surface area contributed by atoms with Crippen LogP contribution in [-0.2, 0) is 0 Å². The van der Waals surface area contributed by atoms with Gasteiger partial charge in [0.15, 0.2) is 0 Å². The number of fused-ring (bicyclic) bond motifs is 1. The molecule has 0 fully saturated rings. The van der Waals surface area contributed by atoms with Crippen LogP contribution in [0.4, 0.5) is 39.8 Å². The van der Waals surface area contributed by atoms with Crippen LogP contribution in [0.15, 0.2) is 267 Å². The number of benzene rings is 8. The second-order valence-corrected chi connectivity index (χ2v) is 17.1. The number of para-hydroxylation sites is 2. The maximum Gasteiger partial charge on any atom is 0.0539 e. The van der Waals surface area contributed by atoms with Gasteiger partial charge in [0.25, 0.3) is 0 Å². The second-order valence-electron chi connectivity index (χ2n) is 17.1. The van der Waals surface area contributed by atoms with Crippen molar-refractivity contribution in [3.8, 4) is 0 Å². The highest BCUT2D eigenvalue weighted by Crippen LogP contribution is 2.40. The van der Waals surface area contributed by atoms with Crippen LogP contribution in [0, 0.1) is 6.92 Å². The van der Waals surface area contributed by atoms with Crippen molar-refractivity contribution in [3.05, 3.63) is 294 Å². The summed E-state index contributed by atoms with van der Waals surface area (Å²) in [5.74, 6) is 0. The van der Waals surface area contributed by atoms with Crippen molar-refractivity contribution in [2.24, 2.45) is 0 Å². The first-order chi connectivity index (χ1) is 34.8. The highest BCUT2D eigenvalue weighted by atomic mass is 15.2. The SMILES string of the molecule is C=C/C(=C\C)N(c1ccc(N(C(/C=C\CN(C(/C=C\C)=c2\ccc(C)cc2=C)c2ccccc2)=C/C)c2ccc(N(/C(C=C)=c3\ccccc3=C)c3ccccc3)cc2)cc1)c1cccc2ccccc12. The standard InChI is InChI=1S/C67H62N4/c1-9-26-66(63-47-38-50(6)49-52(63)8)68(56-30-16-14-17-31-56)48-25-34-55(12-4)69(58-39-43-60(44-40-58)70(54(10-2)11-3)67-37-24-29-53-28-21-23-36-64(53)67)59-41-45-61(46-42-59)71(57-32-18-15-19-33-57)65(13-5)62-35-22-20-27-51(62)7/h9-47,49H,2,5,7-8,48H2,1,3-4,6H3/b26-9-,34-25-,54-11+,55-12+,65-62+,66-63+. The van der Waals surface area contributed by atoms with Gasteiger partial charge < -0.3 is 19.6 Å². The zero-order valence-electron chi connectivity index (χ0n) is 41.4. The van der Waals surface area contributed by atoms with Crippen LogP contribution < -0.4 is 40.5 Å². The Kier molecular flexibility index (Phi) is 15.7. The summed E-state index contributed by atoms with van der Waals surface area (Å²) in [5.41, 5.74) is 12.4. The van der Waals surface area contributed by atoms with Crippen LogP contribution in [0.5, 0.6) is 0 Å². The second kappa shape index (κ2) is 23.0. The molecule has 8 aromatic carbocycles. The van der Waals surface area contributed by atoms with E-state index in [-0.39, 0.29) is 0 Å². The molecule has 0 bridgehead atoms. The van der Waals surface area contributed by atoms with Crippen LogP contribution in [0.1, 0.15) is 26.3 Å². The van der Waals surface area contributed by atoms with E-state index in [4.69, 9.17) is 0 Å². The number of anilines is 7. The van der Waals surface area contributed by atoms with Gasteiger partial charge >= 0.3 is 0 Å². The molecule has 0 saturated heterocycles. The number of aryl methyl sites for hydroxylation is 1. The third-order valence-electron chi connectivity index (χ3n) is 12.6. The Bertz CT molecular complexity index is 3500. The van der Waals surface area contributed by atoms with Crippen molar-refractivity contribution in [2.45, 2.75) is 27.7 Å². The van der Waals surface area contributed by atoms with E-state index >= 15 is 0 Å². The van der Waals surface area contributed by atoms with E-state index in [1.54, 1.807) is 0 Å². The van der Waals surface area contributed by atoms with Crippen LogP contribution in [-0.4, -0.2) is 6.54 Å². The number of nitrogens with zero attached hydrogens (tertiary/aromatic N) is 4. The highest BCUT2D eigenvalue weighted by Gasteiger charge is 2.20. The summed E-state index contributed by atoms with van der Waals surface area (Å²) in [7, 11) is 0. The number of rotatable bonds is 17. The van der Waals surface area contributed by atoms with E-state index in [2.05, 4.69) is 280 Å². The van der Waals surface area contributed by atoms with Gasteiger partial charge in [0.2, 0.25) is 0 Å². The molecule has 8 aromatic rings. The molecular formula is C67H62N4. The minimum Gasteiger partial charge on any atom is -0.337 e. The first-order valence-corrected chi connectivity index (χ1v) is 24.2. The summed E-state index contributed by atoms with van der Waals surface area (Å²) in [6, 6.07) is 68.3. The summed E-state index contributed by atoms with van der Waals surface area (Å²) in [4.78, 5) is 9.21. The van der Waals surface area contributed by atoms with Gasteiger partial charge in [0, 0.05) is 73.6 Å². The summed E-state index contributed by atoms with van der Waals surface area (Å²) in [5, 5.41) is 6.37. The highest BCUT2D eigenvalue weighted by molar-refractivity contribution is 5.97. The Morgan fingerprint density at radius 2 is 0.986 bits per heavy atom. The number of hydrogen-bond donors (Lipinski definition) is 0. The van der Waals surface area contributed by atoms with E-state index in [1.807, 2.05) is 36.4 Å². The molecule has 0 aliphatic rings. The first kappa shape index (κ1) is 48.6. The fraction of sp³-hybridized carbons (Fsp3) is 0.0746. The molecule has 0 aliphatic heterocycles. The molecule has 0 radical (unpaired) electrons. The molecule has 0 aromatic heterocycles. The Labute approximate surface area is 420 Å². The molecule has 0 heterocycles. The quantitative estimate of drug-likeness (QED) is 0.0844. The molecule has 8 rings (SSSR count). The number of hydrogen-bond acceptors (Lipinski definition) is 4. The zero-order valence-corrected chi connectivity index (χ0v) is 41.4. The van der Waals surface area contributed by atoms with Gasteiger partial charge in [0.1, 0.15) is 0 Å². The van der Waals surface area contributed by atoms with Crippen LogP contribution >= 0.6 is 0 Å². The minimum atomic E-state index is 0.605. The lowest BCUT2D eigenvalue weighted by molar-refractivity contribution is 1.09. The van der Waals surface area contributed by atoms with E-state index in [9.17, 15) is 0 Å². The van der Waals surface area contributed by atoms with Crippen molar-refractivity contribution in [3.63, 3.8) is 0 Å². The zero-order chi connectivity index (χ0) is 49.7. The fourth-order valence-corrected chi connectivity index (χ4v) is 9.20. The molecule has 0 spiro atoms. The normalized spacial score (nSPS) is 12.7. The lowest BCUT2D eigenvalue weighted by atomic mass is 10.1. The van der Waals surface area contributed by atoms with Crippen molar-refractivity contribution < 1.29 is 0 Å². The largest absolute Gasteiger partial charge is 0.337 e. The van der Waals surface area contributed by atoms with E-state index in [0.29, 0.717) is 6.54 Å². The Morgan fingerprint density at radius 1 is 0.451 bits per heavy atom. The Morgan fingerprint density at radius 3 is 1.58 bits per heavy atom. The molecule has 0 aliphatic carbocycles. The van der Waals surface area contributed by atoms with Crippen molar-refractivity contribution in [1.29, 1.82) is 0 Å². The molecule has 0 amide bonds. The molecular weight excluding hydrogens is 861 g/mol. The summed E-state index contributed by atoms with van der Waals surface area (Å²) >= 11 is 0. The first-order valence-electron chi connectivity index (χ1n) is 24.2. The van der Waals surface area contributed by atoms with E-state index < -0.39 is 0 Å². The summed E-state index contributed by atoms with van der Waals surface area (Å²) < 4.78 is 0. The van der Waals surface area contributed by atoms with Crippen LogP contribution in [0.3, 0.4) is 0 Å².